The molecule has 0 amide bonds. The van der Waals surface area contributed by atoms with Gasteiger partial charge in [-0.05, 0) is 0 Å². The Hall–Kier alpha value is -0.820. The summed E-state index contributed by atoms with van der Waals surface area (Å²) in [6.07, 6.45) is 11.4. The summed E-state index contributed by atoms with van der Waals surface area (Å²) >= 11 is 5.29. The second kappa shape index (κ2) is 7.29. The van der Waals surface area contributed by atoms with Gasteiger partial charge in [0.15, 0.2) is 6.21 Å². The van der Waals surface area contributed by atoms with Gasteiger partial charge in [-0.1, -0.05) is 35.9 Å². The van der Waals surface area contributed by atoms with Crippen molar-refractivity contribution in [2.75, 3.05) is 14.1 Å². The van der Waals surface area contributed by atoms with Gasteiger partial charge in [0.1, 0.15) is 14.1 Å². The lowest BCUT2D eigenvalue weighted by molar-refractivity contribution is -0.458. The summed E-state index contributed by atoms with van der Waals surface area (Å²) in [5.74, 6) is 0. The van der Waals surface area contributed by atoms with Crippen molar-refractivity contribution in [3.63, 3.8) is 0 Å². The summed E-state index contributed by atoms with van der Waals surface area (Å²) in [5.41, 5.74) is 1.47. The van der Waals surface area contributed by atoms with Crippen LogP contribution in [-0.2, 0) is 0 Å². The standard InChI is InChI=1S/C9H13ClN/c1-11(2)9-7-5-3-4-6-8-10/h3-9H,1-2H3/q+1. The molecule has 0 aliphatic heterocycles. The summed E-state index contributed by atoms with van der Waals surface area (Å²) in [4.78, 5) is 0. The van der Waals surface area contributed by atoms with Crippen LogP contribution in [0.25, 0.3) is 0 Å². The van der Waals surface area contributed by atoms with Crippen molar-refractivity contribution >= 4 is 17.8 Å². The third kappa shape index (κ3) is 9.18. The summed E-state index contributed by atoms with van der Waals surface area (Å²) in [7, 11) is 3.96. The Morgan fingerprint density at radius 2 is 1.45 bits per heavy atom. The van der Waals surface area contributed by atoms with Gasteiger partial charge in [0.2, 0.25) is 0 Å². The molecule has 0 aromatic carbocycles. The number of hydrogen-bond donors (Lipinski definition) is 0. The van der Waals surface area contributed by atoms with E-state index in [0.29, 0.717) is 0 Å². The van der Waals surface area contributed by atoms with Gasteiger partial charge in [-0.25, -0.2) is 4.58 Å². The number of hydrogen-bond acceptors (Lipinski definition) is 0. The highest BCUT2D eigenvalue weighted by Crippen LogP contribution is 1.81. The van der Waals surface area contributed by atoms with Crippen LogP contribution in [0.4, 0.5) is 0 Å². The van der Waals surface area contributed by atoms with Gasteiger partial charge in [-0.15, -0.1) is 0 Å². The maximum Gasteiger partial charge on any atom is 0.162 e. The molecule has 0 rings (SSSR count). The van der Waals surface area contributed by atoms with Crippen LogP contribution in [0.5, 0.6) is 0 Å². The minimum absolute atomic E-state index is 1.47. The SMILES string of the molecule is C[N+](C)=CC=CC=CC=CCl. The third-order valence-electron chi connectivity index (χ3n) is 0.901. The van der Waals surface area contributed by atoms with Gasteiger partial charge >= 0.3 is 0 Å². The van der Waals surface area contributed by atoms with Crippen LogP contribution in [0.3, 0.4) is 0 Å². The van der Waals surface area contributed by atoms with Gasteiger partial charge in [0.05, 0.1) is 0 Å². The smallest absolute Gasteiger partial charge is 0.162 e. The molecule has 0 spiro atoms. The molecule has 11 heavy (non-hydrogen) atoms. The lowest BCUT2D eigenvalue weighted by Crippen LogP contribution is -1.94. The molecule has 0 aliphatic rings. The lowest BCUT2D eigenvalue weighted by Gasteiger charge is -1.76. The molecule has 0 N–H and O–H groups in total. The van der Waals surface area contributed by atoms with Gasteiger partial charge in [0, 0.05) is 11.6 Å². The van der Waals surface area contributed by atoms with Crippen molar-refractivity contribution in [2.45, 2.75) is 0 Å². The molecule has 2 heteroatoms. The first-order valence-electron chi connectivity index (χ1n) is 3.37. The van der Waals surface area contributed by atoms with Crippen LogP contribution in [0.2, 0.25) is 0 Å². The van der Waals surface area contributed by atoms with E-state index in [1.54, 1.807) is 6.08 Å². The lowest BCUT2D eigenvalue weighted by atomic mass is 10.4. The van der Waals surface area contributed by atoms with Gasteiger partial charge in [0.25, 0.3) is 0 Å². The maximum absolute atomic E-state index is 5.29. The van der Waals surface area contributed by atoms with Crippen LogP contribution in [0, 0.1) is 0 Å². The van der Waals surface area contributed by atoms with E-state index >= 15 is 0 Å². The van der Waals surface area contributed by atoms with Crippen LogP contribution in [0.15, 0.2) is 35.9 Å². The molecule has 0 bridgehead atoms. The van der Waals surface area contributed by atoms with Crippen molar-refractivity contribution < 1.29 is 4.58 Å². The fourth-order valence-corrected chi connectivity index (χ4v) is 0.540. The first kappa shape index (κ1) is 10.2. The van der Waals surface area contributed by atoms with Crippen molar-refractivity contribution in [1.82, 2.24) is 0 Å². The molecule has 1 nitrogen and oxygen atoms in total. The zero-order valence-corrected chi connectivity index (χ0v) is 7.62. The second-order valence-corrected chi connectivity index (χ2v) is 2.45. The first-order chi connectivity index (χ1) is 5.27. The van der Waals surface area contributed by atoms with Gasteiger partial charge in [-0.2, -0.15) is 0 Å². The van der Waals surface area contributed by atoms with E-state index in [0.717, 1.165) is 0 Å². The second-order valence-electron chi connectivity index (χ2n) is 2.20. The van der Waals surface area contributed by atoms with Crippen LogP contribution in [-0.4, -0.2) is 24.9 Å². The maximum atomic E-state index is 5.29. The Labute approximate surface area is 73.0 Å². The van der Waals surface area contributed by atoms with E-state index in [1.807, 2.05) is 49.2 Å². The predicted molar refractivity (Wildman–Crippen MR) is 51.4 cm³/mol. The van der Waals surface area contributed by atoms with E-state index in [1.165, 1.54) is 5.54 Å². The number of allylic oxidation sites excluding steroid dienone is 5. The summed E-state index contributed by atoms with van der Waals surface area (Å²) < 4.78 is 1.97. The minimum atomic E-state index is 1.47. The Bertz CT molecular complexity index is 196. The van der Waals surface area contributed by atoms with Gasteiger partial charge in [-0.3, -0.25) is 0 Å². The molecule has 60 valence electrons. The fourth-order valence-electron chi connectivity index (χ4n) is 0.456. The molecule has 0 aromatic heterocycles. The Morgan fingerprint density at radius 3 is 2.00 bits per heavy atom. The first-order valence-corrected chi connectivity index (χ1v) is 3.81. The molecule has 0 aromatic rings. The largest absolute Gasteiger partial charge is 0.241 e. The molecule has 0 fully saturated rings. The van der Waals surface area contributed by atoms with E-state index in [-0.39, 0.29) is 0 Å². The van der Waals surface area contributed by atoms with Gasteiger partial charge < -0.3 is 0 Å². The highest BCUT2D eigenvalue weighted by Gasteiger charge is 1.72. The average molecular weight is 171 g/mol. The minimum Gasteiger partial charge on any atom is -0.241 e. The Balaban J connectivity index is 3.69. The third-order valence-corrected chi connectivity index (χ3v) is 1.05. The Kier molecular flexibility index (Phi) is 6.75. The molecule has 0 saturated carbocycles. The summed E-state index contributed by atoms with van der Waals surface area (Å²) in [5, 5.41) is 0. The molecule has 0 radical (unpaired) electrons. The highest BCUT2D eigenvalue weighted by atomic mass is 35.5. The zero-order chi connectivity index (χ0) is 8.53. The van der Waals surface area contributed by atoms with Crippen molar-refractivity contribution in [1.29, 1.82) is 0 Å². The normalized spacial score (nSPS) is 11.9. The molecule has 0 atom stereocenters. The van der Waals surface area contributed by atoms with Crippen LogP contribution in [0.1, 0.15) is 0 Å². The molecule has 0 aliphatic carbocycles. The van der Waals surface area contributed by atoms with Crippen molar-refractivity contribution in [3.05, 3.63) is 35.9 Å². The number of rotatable bonds is 3. The topological polar surface area (TPSA) is 3.01 Å². The summed E-state index contributed by atoms with van der Waals surface area (Å²) in [6.45, 7) is 0. The number of nitrogens with zero attached hydrogens (tertiary/aromatic N) is 1. The Morgan fingerprint density at radius 1 is 0.909 bits per heavy atom. The predicted octanol–water partition coefficient (Wildman–Crippen LogP) is 2.19. The van der Waals surface area contributed by atoms with E-state index in [4.69, 9.17) is 11.6 Å². The van der Waals surface area contributed by atoms with Crippen molar-refractivity contribution in [3.8, 4) is 0 Å². The fraction of sp³-hybridized carbons (Fsp3) is 0.222. The molecule has 0 saturated heterocycles. The number of halogens is 1. The summed E-state index contributed by atoms with van der Waals surface area (Å²) in [6, 6.07) is 0. The molecular weight excluding hydrogens is 158 g/mol. The quantitative estimate of drug-likeness (QED) is 0.347. The molecular formula is C9H13ClN+. The van der Waals surface area contributed by atoms with E-state index in [2.05, 4.69) is 0 Å². The van der Waals surface area contributed by atoms with E-state index in [9.17, 15) is 0 Å². The highest BCUT2D eigenvalue weighted by molar-refractivity contribution is 6.25. The van der Waals surface area contributed by atoms with E-state index < -0.39 is 0 Å². The molecule has 0 unspecified atom stereocenters. The average Bonchev–Trinajstić information content (AvgIpc) is 1.96. The van der Waals surface area contributed by atoms with Crippen LogP contribution < -0.4 is 0 Å². The zero-order valence-electron chi connectivity index (χ0n) is 6.87. The van der Waals surface area contributed by atoms with Crippen LogP contribution >= 0.6 is 11.6 Å². The van der Waals surface area contributed by atoms with Crippen molar-refractivity contribution in [2.24, 2.45) is 0 Å². The monoisotopic (exact) mass is 170 g/mol. The molecule has 0 heterocycles.